The first kappa shape index (κ1) is 28.0. The molecule has 1 saturated heterocycles. The Bertz CT molecular complexity index is 630. The van der Waals surface area contributed by atoms with Crippen molar-refractivity contribution in [2.45, 2.75) is 80.9 Å². The average molecular weight is 504 g/mol. The Morgan fingerprint density at radius 3 is 2.23 bits per heavy atom. The Hall–Kier alpha value is -1.00. The highest BCUT2D eigenvalue weighted by Gasteiger charge is 2.50. The van der Waals surface area contributed by atoms with Gasteiger partial charge in [-0.25, -0.2) is 0 Å². The molecule has 1 rings (SSSR count). The molecule has 0 aliphatic carbocycles. The number of carbonyl (C=O) groups excluding carboxylic acids is 1. The van der Waals surface area contributed by atoms with Crippen LogP contribution in [0.15, 0.2) is 5.11 Å². The highest BCUT2D eigenvalue weighted by atomic mass is 35.6. The van der Waals surface area contributed by atoms with E-state index < -0.39 is 46.3 Å². The fraction of sp³-hybridized carbons (Fsp3) is 0.889. The van der Waals surface area contributed by atoms with Crippen LogP contribution in [0.1, 0.15) is 46.5 Å². The van der Waals surface area contributed by atoms with Crippen molar-refractivity contribution in [2.75, 3.05) is 19.8 Å². The summed E-state index contributed by atoms with van der Waals surface area (Å²) < 4.78 is 26.2. The topological polar surface area (TPSA) is 136 Å². The maximum atomic E-state index is 11.4. The molecule has 0 aromatic carbocycles. The second-order valence-corrected chi connectivity index (χ2v) is 9.14. The number of hydrogen-bond acceptors (Lipinski definition) is 8. The van der Waals surface area contributed by atoms with Crippen LogP contribution in [0.25, 0.3) is 10.4 Å². The second-order valence-electron chi connectivity index (χ2n) is 6.86. The number of unbranched alkanes of at least 4 members (excludes halogenated alkanes) is 2. The molecule has 1 fully saturated rings. The molecule has 1 heterocycles. The number of alkyl halides is 3. The van der Waals surface area contributed by atoms with Crippen LogP contribution in [-0.2, 0) is 28.5 Å². The molecule has 0 radical (unpaired) electrons. The van der Waals surface area contributed by atoms with Gasteiger partial charge >= 0.3 is 5.97 Å². The van der Waals surface area contributed by atoms with Crippen LogP contribution in [-0.4, -0.2) is 66.1 Å². The largest absolute Gasteiger partial charge is 0.463 e. The monoisotopic (exact) mass is 502 g/mol. The zero-order valence-electron chi connectivity index (χ0n) is 17.8. The van der Waals surface area contributed by atoms with Crippen LogP contribution in [0, 0.1) is 5.41 Å². The van der Waals surface area contributed by atoms with Gasteiger partial charge < -0.3 is 23.7 Å². The maximum Gasteiger partial charge on any atom is 0.302 e. The molecule has 0 bridgehead atoms. The number of azide groups is 1. The smallest absolute Gasteiger partial charge is 0.302 e. The maximum absolute atomic E-state index is 11.4. The molecular formula is C18H29Cl3N4O6. The van der Waals surface area contributed by atoms with E-state index in [-0.39, 0.29) is 6.61 Å². The predicted molar refractivity (Wildman–Crippen MR) is 117 cm³/mol. The highest BCUT2D eigenvalue weighted by molar-refractivity contribution is 6.76. The fourth-order valence-electron chi connectivity index (χ4n) is 2.81. The van der Waals surface area contributed by atoms with Crippen LogP contribution >= 0.6 is 34.8 Å². The lowest BCUT2D eigenvalue weighted by Gasteiger charge is -2.44. The zero-order valence-corrected chi connectivity index (χ0v) is 20.0. The lowest BCUT2D eigenvalue weighted by atomic mass is 9.96. The lowest BCUT2D eigenvalue weighted by Crippen LogP contribution is -2.61. The number of hydrogen-bond donors (Lipinski definition) is 1. The lowest BCUT2D eigenvalue weighted by molar-refractivity contribution is -0.264. The van der Waals surface area contributed by atoms with Gasteiger partial charge in [-0.05, 0) is 18.4 Å². The average Bonchev–Trinajstić information content (AvgIpc) is 2.69. The molecule has 1 aliphatic heterocycles. The first-order valence-corrected chi connectivity index (χ1v) is 11.2. The molecule has 4 unspecified atom stereocenters. The summed E-state index contributed by atoms with van der Waals surface area (Å²) in [5, 5.41) is 11.6. The number of rotatable bonds is 12. The molecule has 10 nitrogen and oxygen atoms in total. The molecule has 0 aromatic rings. The third kappa shape index (κ3) is 9.57. The van der Waals surface area contributed by atoms with Gasteiger partial charge in [0.25, 0.3) is 3.79 Å². The molecule has 0 saturated carbocycles. The molecule has 0 amide bonds. The molecule has 13 heteroatoms. The first-order valence-electron chi connectivity index (χ1n) is 10.0. The van der Waals surface area contributed by atoms with Gasteiger partial charge in [0.1, 0.15) is 31.0 Å². The molecule has 0 spiro atoms. The van der Waals surface area contributed by atoms with Crippen molar-refractivity contribution in [3.8, 4) is 0 Å². The molecule has 0 aromatic heterocycles. The standard InChI is InChI=1S/C18H29Cl3N4O6/c1-4-6-8-27-14-12(10-29-11(3)26)30-16(31-17(22)18(19,20)21)13(24-25-23)15(14)28-9-7-5-2/h12-16,22H,4-10H2,1-3H3/t12?,13?,14-,15?,16?/m1/s1. The van der Waals surface area contributed by atoms with Crippen LogP contribution in [0.3, 0.4) is 0 Å². The Kier molecular flexibility index (Phi) is 12.9. The Morgan fingerprint density at radius 1 is 1.16 bits per heavy atom. The summed E-state index contributed by atoms with van der Waals surface area (Å²) in [6.45, 7) is 5.88. The minimum atomic E-state index is -2.15. The summed E-state index contributed by atoms with van der Waals surface area (Å²) in [6, 6.07) is -1.05. The first-order chi connectivity index (χ1) is 14.6. The Morgan fingerprint density at radius 2 is 1.74 bits per heavy atom. The van der Waals surface area contributed by atoms with Gasteiger partial charge in [0.05, 0.1) is 0 Å². The fourth-order valence-corrected chi connectivity index (χ4v) is 2.94. The van der Waals surface area contributed by atoms with E-state index in [1.165, 1.54) is 6.92 Å². The second kappa shape index (κ2) is 14.2. The van der Waals surface area contributed by atoms with Gasteiger partial charge in [-0.1, -0.05) is 66.6 Å². The normalized spacial score (nSPS) is 26.1. The van der Waals surface area contributed by atoms with Crippen molar-refractivity contribution < 1.29 is 28.5 Å². The minimum absolute atomic E-state index is 0.163. The summed E-state index contributed by atoms with van der Waals surface area (Å²) in [4.78, 5) is 14.2. The minimum Gasteiger partial charge on any atom is -0.463 e. The third-order valence-electron chi connectivity index (χ3n) is 4.36. The van der Waals surface area contributed by atoms with E-state index in [1.807, 2.05) is 13.8 Å². The van der Waals surface area contributed by atoms with Crippen molar-refractivity contribution in [1.82, 2.24) is 0 Å². The van der Waals surface area contributed by atoms with Crippen LogP contribution < -0.4 is 0 Å². The number of nitrogens with zero attached hydrogens (tertiary/aromatic N) is 3. The van der Waals surface area contributed by atoms with Gasteiger partial charge in [0, 0.05) is 25.0 Å². The molecule has 1 aliphatic rings. The SMILES string of the molecule is CCCCOC1C(N=[N+]=[N-])C(OC(=N)C(Cl)(Cl)Cl)OC(COC(C)=O)[C@H]1OCCCC. The summed E-state index contributed by atoms with van der Waals surface area (Å²) >= 11 is 17.1. The van der Waals surface area contributed by atoms with E-state index in [9.17, 15) is 4.79 Å². The van der Waals surface area contributed by atoms with Crippen molar-refractivity contribution >= 4 is 46.7 Å². The van der Waals surface area contributed by atoms with Crippen molar-refractivity contribution in [1.29, 1.82) is 5.41 Å². The van der Waals surface area contributed by atoms with Gasteiger partial charge in [-0.3, -0.25) is 10.2 Å². The van der Waals surface area contributed by atoms with Gasteiger partial charge in [0.15, 0.2) is 0 Å². The summed E-state index contributed by atoms with van der Waals surface area (Å²) in [5.74, 6) is -1.23. The van der Waals surface area contributed by atoms with Gasteiger partial charge in [-0.2, -0.15) is 0 Å². The summed E-state index contributed by atoms with van der Waals surface area (Å²) in [6.07, 6.45) is -0.361. The number of nitrogens with one attached hydrogen (secondary N) is 1. The van der Waals surface area contributed by atoms with Gasteiger partial charge in [0.2, 0.25) is 12.2 Å². The van der Waals surface area contributed by atoms with Crippen molar-refractivity contribution in [3.05, 3.63) is 10.4 Å². The molecular weight excluding hydrogens is 475 g/mol. The molecule has 5 atom stereocenters. The van der Waals surface area contributed by atoms with E-state index in [0.29, 0.717) is 13.2 Å². The van der Waals surface area contributed by atoms with E-state index in [1.54, 1.807) is 0 Å². The van der Waals surface area contributed by atoms with E-state index >= 15 is 0 Å². The zero-order chi connectivity index (χ0) is 23.4. The molecule has 178 valence electrons. The molecule has 1 N–H and O–H groups in total. The predicted octanol–water partition coefficient (Wildman–Crippen LogP) is 4.69. The Balaban J connectivity index is 3.24. The number of carbonyl (C=O) groups is 1. The number of ether oxygens (including phenoxy) is 5. The van der Waals surface area contributed by atoms with Crippen molar-refractivity contribution in [2.24, 2.45) is 5.11 Å². The number of halogens is 3. The third-order valence-corrected chi connectivity index (χ3v) is 4.87. The van der Waals surface area contributed by atoms with E-state index in [0.717, 1.165) is 25.7 Å². The Labute approximate surface area is 196 Å². The van der Waals surface area contributed by atoms with Gasteiger partial charge in [-0.15, -0.1) is 0 Å². The summed E-state index contributed by atoms with van der Waals surface area (Å²) in [7, 11) is 0. The summed E-state index contributed by atoms with van der Waals surface area (Å²) in [5.41, 5.74) is 9.11. The molecule has 31 heavy (non-hydrogen) atoms. The van der Waals surface area contributed by atoms with Crippen LogP contribution in [0.2, 0.25) is 0 Å². The van der Waals surface area contributed by atoms with Crippen LogP contribution in [0.4, 0.5) is 0 Å². The quantitative estimate of drug-likeness (QED) is 0.0599. The van der Waals surface area contributed by atoms with E-state index in [4.69, 9.17) is 69.4 Å². The number of esters is 1. The van der Waals surface area contributed by atoms with Crippen LogP contribution in [0.5, 0.6) is 0 Å². The highest BCUT2D eigenvalue weighted by Crippen LogP contribution is 2.33. The van der Waals surface area contributed by atoms with E-state index in [2.05, 4.69) is 10.0 Å². The van der Waals surface area contributed by atoms with Crippen molar-refractivity contribution in [3.63, 3.8) is 0 Å².